The van der Waals surface area contributed by atoms with Crippen LogP contribution in [-0.4, -0.2) is 74.3 Å². The fourth-order valence-corrected chi connectivity index (χ4v) is 3.80. The molecule has 2 aromatic carbocycles. The lowest BCUT2D eigenvalue weighted by atomic mass is 10.2. The maximum absolute atomic E-state index is 12.5. The Kier molecular flexibility index (Phi) is 6.04. The van der Waals surface area contributed by atoms with Crippen molar-refractivity contribution >= 4 is 23.4 Å². The molecule has 0 saturated carbocycles. The summed E-state index contributed by atoms with van der Waals surface area (Å²) in [6.45, 7) is 4.76. The average Bonchev–Trinajstić information content (AvgIpc) is 3.15. The molecule has 2 aromatic rings. The van der Waals surface area contributed by atoms with E-state index in [-0.39, 0.29) is 18.2 Å². The standard InChI is InChI=1S/C22H27N5O3/c1-29-19-9-7-18(8-10-19)26-13-11-25(12-14-26)15-20-16-27(21(23)30-20)22(28)24-17-5-3-2-4-6-17/h2-10,20,23H,11-16H2,1H3,(H,24,28). The third kappa shape index (κ3) is 4.65. The normalized spacial score (nSPS) is 19.5. The fourth-order valence-electron chi connectivity index (χ4n) is 3.80. The minimum atomic E-state index is -0.335. The summed E-state index contributed by atoms with van der Waals surface area (Å²) in [4.78, 5) is 18.5. The van der Waals surface area contributed by atoms with E-state index in [2.05, 4.69) is 27.2 Å². The van der Waals surface area contributed by atoms with Crippen LogP contribution >= 0.6 is 0 Å². The van der Waals surface area contributed by atoms with E-state index in [0.717, 1.165) is 31.9 Å². The summed E-state index contributed by atoms with van der Waals surface area (Å²) >= 11 is 0. The number of ether oxygens (including phenoxy) is 2. The van der Waals surface area contributed by atoms with Gasteiger partial charge < -0.3 is 19.7 Å². The topological polar surface area (TPSA) is 81.1 Å². The molecule has 4 rings (SSSR count). The molecule has 2 saturated heterocycles. The summed E-state index contributed by atoms with van der Waals surface area (Å²) < 4.78 is 10.9. The van der Waals surface area contributed by atoms with E-state index in [9.17, 15) is 4.79 Å². The number of methoxy groups -OCH3 is 1. The van der Waals surface area contributed by atoms with Gasteiger partial charge in [-0.05, 0) is 36.4 Å². The number of nitrogens with zero attached hydrogens (tertiary/aromatic N) is 3. The molecule has 1 atom stereocenters. The molecule has 2 aliphatic heterocycles. The van der Waals surface area contributed by atoms with Crippen molar-refractivity contribution in [2.75, 3.05) is 56.6 Å². The van der Waals surface area contributed by atoms with Gasteiger partial charge in [0.05, 0.1) is 13.7 Å². The molecule has 8 nitrogen and oxygen atoms in total. The molecule has 2 amide bonds. The summed E-state index contributed by atoms with van der Waals surface area (Å²) in [5.41, 5.74) is 1.89. The van der Waals surface area contributed by atoms with Crippen molar-refractivity contribution < 1.29 is 14.3 Å². The maximum atomic E-state index is 12.5. The Balaban J connectivity index is 1.25. The first-order valence-electron chi connectivity index (χ1n) is 10.1. The van der Waals surface area contributed by atoms with E-state index < -0.39 is 0 Å². The Hall–Kier alpha value is -3.26. The van der Waals surface area contributed by atoms with Gasteiger partial charge in [-0.2, -0.15) is 0 Å². The predicted octanol–water partition coefficient (Wildman–Crippen LogP) is 2.68. The van der Waals surface area contributed by atoms with Crippen LogP contribution in [0.3, 0.4) is 0 Å². The van der Waals surface area contributed by atoms with Gasteiger partial charge >= 0.3 is 6.03 Å². The third-order valence-corrected chi connectivity index (χ3v) is 5.45. The molecule has 2 heterocycles. The summed E-state index contributed by atoms with van der Waals surface area (Å²) in [7, 11) is 1.67. The van der Waals surface area contributed by atoms with E-state index in [1.165, 1.54) is 10.6 Å². The van der Waals surface area contributed by atoms with Crippen molar-refractivity contribution in [2.45, 2.75) is 6.10 Å². The number of urea groups is 1. The minimum Gasteiger partial charge on any atom is -0.497 e. The molecule has 158 valence electrons. The molecule has 8 heteroatoms. The number of amidine groups is 1. The highest BCUT2D eigenvalue weighted by molar-refractivity contribution is 6.00. The van der Waals surface area contributed by atoms with Gasteiger partial charge in [0.25, 0.3) is 6.02 Å². The van der Waals surface area contributed by atoms with Gasteiger partial charge in [-0.1, -0.05) is 18.2 Å². The molecule has 2 aliphatic rings. The van der Waals surface area contributed by atoms with E-state index >= 15 is 0 Å². The highest BCUT2D eigenvalue weighted by atomic mass is 16.5. The number of rotatable bonds is 5. The predicted molar refractivity (Wildman–Crippen MR) is 116 cm³/mol. The number of anilines is 2. The van der Waals surface area contributed by atoms with E-state index in [0.29, 0.717) is 18.8 Å². The molecular formula is C22H27N5O3. The monoisotopic (exact) mass is 409 g/mol. The average molecular weight is 409 g/mol. The number of nitrogens with one attached hydrogen (secondary N) is 2. The van der Waals surface area contributed by atoms with Gasteiger partial charge in [-0.3, -0.25) is 10.3 Å². The van der Waals surface area contributed by atoms with Gasteiger partial charge in [0.15, 0.2) is 0 Å². The zero-order chi connectivity index (χ0) is 20.9. The number of benzene rings is 2. The van der Waals surface area contributed by atoms with Crippen LogP contribution in [0.15, 0.2) is 54.6 Å². The molecule has 0 radical (unpaired) electrons. The summed E-state index contributed by atoms with van der Waals surface area (Å²) in [6, 6.07) is 16.9. The second-order valence-corrected chi connectivity index (χ2v) is 7.44. The van der Waals surface area contributed by atoms with Crippen molar-refractivity contribution in [1.82, 2.24) is 9.80 Å². The molecule has 0 spiro atoms. The zero-order valence-electron chi connectivity index (χ0n) is 17.1. The largest absolute Gasteiger partial charge is 0.497 e. The molecule has 2 N–H and O–H groups in total. The molecule has 30 heavy (non-hydrogen) atoms. The van der Waals surface area contributed by atoms with Crippen LogP contribution in [-0.2, 0) is 4.74 Å². The number of carbonyl (C=O) groups excluding carboxylic acids is 1. The maximum Gasteiger partial charge on any atom is 0.330 e. The Bertz CT molecular complexity index is 866. The van der Waals surface area contributed by atoms with Crippen LogP contribution in [0, 0.1) is 5.41 Å². The van der Waals surface area contributed by atoms with Crippen LogP contribution in [0.2, 0.25) is 0 Å². The van der Waals surface area contributed by atoms with Crippen molar-refractivity contribution in [2.24, 2.45) is 0 Å². The molecule has 0 aliphatic carbocycles. The number of hydrogen-bond donors (Lipinski definition) is 2. The molecule has 0 bridgehead atoms. The van der Waals surface area contributed by atoms with E-state index in [1.807, 2.05) is 42.5 Å². The third-order valence-electron chi connectivity index (χ3n) is 5.45. The van der Waals surface area contributed by atoms with Crippen molar-refractivity contribution in [3.63, 3.8) is 0 Å². The molecule has 1 unspecified atom stereocenters. The minimum absolute atomic E-state index is 0.0923. The van der Waals surface area contributed by atoms with Gasteiger partial charge in [0.1, 0.15) is 11.9 Å². The quantitative estimate of drug-likeness (QED) is 0.794. The van der Waals surface area contributed by atoms with Crippen LogP contribution < -0.4 is 15.0 Å². The van der Waals surface area contributed by atoms with Gasteiger partial charge in [0, 0.05) is 44.1 Å². The summed E-state index contributed by atoms with van der Waals surface area (Å²) in [5.74, 6) is 0.860. The number of amides is 2. The van der Waals surface area contributed by atoms with E-state index in [4.69, 9.17) is 14.9 Å². The lowest BCUT2D eigenvalue weighted by Gasteiger charge is -2.36. The Labute approximate surface area is 176 Å². The van der Waals surface area contributed by atoms with Crippen LogP contribution in [0.4, 0.5) is 16.2 Å². The lowest BCUT2D eigenvalue weighted by Crippen LogP contribution is -2.49. The smallest absolute Gasteiger partial charge is 0.330 e. The van der Waals surface area contributed by atoms with Crippen LogP contribution in [0.1, 0.15) is 0 Å². The Morgan fingerprint density at radius 2 is 1.80 bits per heavy atom. The molecular weight excluding hydrogens is 382 g/mol. The number of para-hydroxylation sites is 1. The summed E-state index contributed by atoms with van der Waals surface area (Å²) in [5, 5.41) is 10.8. The van der Waals surface area contributed by atoms with Gasteiger partial charge in [-0.25, -0.2) is 9.69 Å². The second kappa shape index (κ2) is 9.04. The van der Waals surface area contributed by atoms with Crippen LogP contribution in [0.5, 0.6) is 5.75 Å². The number of hydrogen-bond acceptors (Lipinski definition) is 6. The lowest BCUT2D eigenvalue weighted by molar-refractivity contribution is 0.142. The molecule has 2 fully saturated rings. The second-order valence-electron chi connectivity index (χ2n) is 7.44. The SMILES string of the molecule is COc1ccc(N2CCN(CC3CN(C(=O)Nc4ccccc4)C(=N)O3)CC2)cc1. The Morgan fingerprint density at radius 3 is 2.47 bits per heavy atom. The Morgan fingerprint density at radius 1 is 1.10 bits per heavy atom. The molecule has 0 aromatic heterocycles. The van der Waals surface area contributed by atoms with Gasteiger partial charge in [-0.15, -0.1) is 0 Å². The van der Waals surface area contributed by atoms with Crippen molar-refractivity contribution in [3.8, 4) is 5.75 Å². The van der Waals surface area contributed by atoms with E-state index in [1.54, 1.807) is 7.11 Å². The highest BCUT2D eigenvalue weighted by Gasteiger charge is 2.34. The van der Waals surface area contributed by atoms with Crippen LogP contribution in [0.25, 0.3) is 0 Å². The van der Waals surface area contributed by atoms with Crippen molar-refractivity contribution in [1.29, 1.82) is 5.41 Å². The zero-order valence-corrected chi connectivity index (χ0v) is 17.1. The van der Waals surface area contributed by atoms with Crippen molar-refractivity contribution in [3.05, 3.63) is 54.6 Å². The fraction of sp³-hybridized carbons (Fsp3) is 0.364. The van der Waals surface area contributed by atoms with Gasteiger partial charge in [0.2, 0.25) is 0 Å². The first-order chi connectivity index (χ1) is 14.6. The highest BCUT2D eigenvalue weighted by Crippen LogP contribution is 2.21. The number of carbonyl (C=O) groups is 1. The first kappa shape index (κ1) is 20.0. The number of piperazine rings is 1. The summed E-state index contributed by atoms with van der Waals surface area (Å²) in [6.07, 6.45) is -0.188. The first-order valence-corrected chi connectivity index (χ1v) is 10.1.